The Bertz CT molecular complexity index is 981. The number of nitrogens with zero attached hydrogens (tertiary/aromatic N) is 2. The Morgan fingerprint density at radius 1 is 0.853 bits per heavy atom. The number of hydrogen-bond donors (Lipinski definition) is 3. The summed E-state index contributed by atoms with van der Waals surface area (Å²) < 4.78 is 0. The SMILES string of the molecule is CC(=NCCCC[C@@H](N=C(C)C1=C(O)CC(C)(C)CC1=O)C(=O)O)C1=C(O)CC(C)(C)CC1=O. The van der Waals surface area contributed by atoms with Crippen LogP contribution in [0, 0.1) is 10.8 Å². The van der Waals surface area contributed by atoms with Crippen LogP contribution in [-0.4, -0.2) is 56.9 Å². The fourth-order valence-corrected chi connectivity index (χ4v) is 4.71. The second-order valence-corrected chi connectivity index (χ2v) is 11.1. The number of aliphatic imine (C=N–C) groups is 2. The molecule has 0 aromatic carbocycles. The van der Waals surface area contributed by atoms with Gasteiger partial charge in [0, 0.05) is 43.7 Å². The topological polar surface area (TPSA) is 137 Å². The summed E-state index contributed by atoms with van der Waals surface area (Å²) in [6, 6.07) is -1.03. The van der Waals surface area contributed by atoms with Crippen LogP contribution in [0.4, 0.5) is 0 Å². The largest absolute Gasteiger partial charge is 0.511 e. The molecule has 0 amide bonds. The highest BCUT2D eigenvalue weighted by molar-refractivity contribution is 6.23. The summed E-state index contributed by atoms with van der Waals surface area (Å²) >= 11 is 0. The first-order chi connectivity index (χ1) is 15.6. The number of rotatable bonds is 9. The van der Waals surface area contributed by atoms with E-state index in [1.165, 1.54) is 0 Å². The number of carboxylic acid groups (broad SMARTS) is 1. The van der Waals surface area contributed by atoms with Crippen molar-refractivity contribution in [2.75, 3.05) is 6.54 Å². The van der Waals surface area contributed by atoms with Crippen LogP contribution >= 0.6 is 0 Å². The normalized spacial score (nSPS) is 22.3. The number of allylic oxidation sites excluding steroid dienone is 4. The van der Waals surface area contributed by atoms with Gasteiger partial charge in [-0.05, 0) is 43.9 Å². The summed E-state index contributed by atoms with van der Waals surface area (Å²) in [5.74, 6) is -1.37. The molecule has 0 saturated heterocycles. The van der Waals surface area contributed by atoms with E-state index in [0.717, 1.165) is 0 Å². The maximum absolute atomic E-state index is 12.5. The van der Waals surface area contributed by atoms with E-state index in [1.807, 2.05) is 27.7 Å². The highest BCUT2D eigenvalue weighted by Gasteiger charge is 2.35. The Kier molecular flexibility index (Phi) is 8.61. The number of aliphatic hydroxyl groups is 2. The van der Waals surface area contributed by atoms with Gasteiger partial charge in [0.25, 0.3) is 0 Å². The molecule has 34 heavy (non-hydrogen) atoms. The Labute approximate surface area is 201 Å². The highest BCUT2D eigenvalue weighted by Crippen LogP contribution is 2.37. The molecular formula is C26H38N2O6. The highest BCUT2D eigenvalue weighted by atomic mass is 16.4. The van der Waals surface area contributed by atoms with Crippen LogP contribution in [0.1, 0.15) is 86.5 Å². The van der Waals surface area contributed by atoms with Crippen LogP contribution in [0.25, 0.3) is 0 Å². The van der Waals surface area contributed by atoms with E-state index in [2.05, 4.69) is 9.98 Å². The molecule has 0 aromatic heterocycles. The minimum absolute atomic E-state index is 0.0327. The van der Waals surface area contributed by atoms with E-state index < -0.39 is 12.0 Å². The van der Waals surface area contributed by atoms with Gasteiger partial charge in [0.15, 0.2) is 11.6 Å². The van der Waals surface area contributed by atoms with E-state index >= 15 is 0 Å². The maximum atomic E-state index is 12.5. The lowest BCUT2D eigenvalue weighted by Gasteiger charge is -2.29. The summed E-state index contributed by atoms with van der Waals surface area (Å²) in [5, 5.41) is 30.2. The first kappa shape index (κ1) is 27.5. The average Bonchev–Trinajstić information content (AvgIpc) is 2.63. The standard InChI is InChI=1S/C26H38N2O6/c1-15(22-18(29)11-25(3,4)12-19(22)30)27-10-8-7-9-17(24(33)34)28-16(2)23-20(31)13-26(5,6)14-21(23)32/h17,29,31H,7-14H2,1-6H3,(H,33,34)/t17-/m1/s1. The van der Waals surface area contributed by atoms with Crippen molar-refractivity contribution in [1.82, 2.24) is 0 Å². The molecule has 1 atom stereocenters. The summed E-state index contributed by atoms with van der Waals surface area (Å²) in [7, 11) is 0. The van der Waals surface area contributed by atoms with Crippen LogP contribution < -0.4 is 0 Å². The number of carbonyl (C=O) groups is 3. The molecule has 0 fully saturated rings. The van der Waals surface area contributed by atoms with Crippen molar-refractivity contribution in [2.24, 2.45) is 20.8 Å². The summed E-state index contributed by atoms with van der Waals surface area (Å²) in [6.07, 6.45) is 2.80. The molecule has 0 spiro atoms. The predicted molar refractivity (Wildman–Crippen MR) is 132 cm³/mol. The van der Waals surface area contributed by atoms with Crippen molar-refractivity contribution in [3.05, 3.63) is 22.7 Å². The number of ketones is 2. The number of aliphatic hydroxyl groups excluding tert-OH is 2. The molecule has 0 radical (unpaired) electrons. The Morgan fingerprint density at radius 3 is 1.76 bits per heavy atom. The minimum atomic E-state index is -1.09. The van der Waals surface area contributed by atoms with Crippen molar-refractivity contribution in [2.45, 2.75) is 92.5 Å². The number of aliphatic carboxylic acids is 1. The third-order valence-electron chi connectivity index (χ3n) is 6.30. The zero-order valence-corrected chi connectivity index (χ0v) is 21.2. The summed E-state index contributed by atoms with van der Waals surface area (Å²) in [4.78, 5) is 45.3. The molecule has 8 heteroatoms. The molecule has 2 aliphatic rings. The first-order valence-corrected chi connectivity index (χ1v) is 11.8. The number of hydrogen-bond acceptors (Lipinski definition) is 7. The second-order valence-electron chi connectivity index (χ2n) is 11.1. The van der Waals surface area contributed by atoms with Crippen LogP contribution in [0.15, 0.2) is 32.6 Å². The lowest BCUT2D eigenvalue weighted by Crippen LogP contribution is -2.29. The van der Waals surface area contributed by atoms with Gasteiger partial charge < -0.3 is 15.3 Å². The molecule has 0 heterocycles. The number of unbranched alkanes of at least 4 members (excludes halogenated alkanes) is 1. The minimum Gasteiger partial charge on any atom is -0.511 e. The van der Waals surface area contributed by atoms with E-state index in [1.54, 1.807) is 13.8 Å². The van der Waals surface area contributed by atoms with Crippen LogP contribution in [0.2, 0.25) is 0 Å². The lowest BCUT2D eigenvalue weighted by molar-refractivity contribution is -0.138. The smallest absolute Gasteiger partial charge is 0.328 e. The molecule has 0 aliphatic heterocycles. The van der Waals surface area contributed by atoms with E-state index in [4.69, 9.17) is 0 Å². The summed E-state index contributed by atoms with van der Waals surface area (Å²) in [5.41, 5.74) is 0.598. The molecule has 2 aliphatic carbocycles. The molecule has 0 bridgehead atoms. The molecule has 0 unspecified atom stereocenters. The van der Waals surface area contributed by atoms with Gasteiger partial charge >= 0.3 is 5.97 Å². The number of carbonyl (C=O) groups excluding carboxylic acids is 2. The van der Waals surface area contributed by atoms with Gasteiger partial charge in [-0.1, -0.05) is 27.7 Å². The Balaban J connectivity index is 1.99. The molecule has 8 nitrogen and oxygen atoms in total. The van der Waals surface area contributed by atoms with Crippen molar-refractivity contribution < 1.29 is 29.7 Å². The molecular weight excluding hydrogens is 436 g/mol. The summed E-state index contributed by atoms with van der Waals surface area (Å²) in [6.45, 7) is 11.3. The van der Waals surface area contributed by atoms with Gasteiger partial charge in [-0.3, -0.25) is 19.6 Å². The van der Waals surface area contributed by atoms with Gasteiger partial charge in [-0.25, -0.2) is 4.79 Å². The first-order valence-electron chi connectivity index (χ1n) is 11.8. The molecule has 0 saturated carbocycles. The zero-order valence-electron chi connectivity index (χ0n) is 21.2. The molecule has 188 valence electrons. The Morgan fingerprint density at radius 2 is 1.32 bits per heavy atom. The average molecular weight is 475 g/mol. The number of carboxylic acids is 1. The molecule has 0 aromatic rings. The molecule has 3 N–H and O–H groups in total. The van der Waals surface area contributed by atoms with Gasteiger partial charge in [0.2, 0.25) is 0 Å². The van der Waals surface area contributed by atoms with Crippen LogP contribution in [-0.2, 0) is 14.4 Å². The van der Waals surface area contributed by atoms with Crippen molar-refractivity contribution in [3.63, 3.8) is 0 Å². The lowest BCUT2D eigenvalue weighted by atomic mass is 9.75. The van der Waals surface area contributed by atoms with Crippen LogP contribution in [0.3, 0.4) is 0 Å². The second kappa shape index (κ2) is 10.7. The van der Waals surface area contributed by atoms with Crippen molar-refractivity contribution in [3.8, 4) is 0 Å². The maximum Gasteiger partial charge on any atom is 0.328 e. The van der Waals surface area contributed by atoms with E-state index in [9.17, 15) is 29.7 Å². The number of Topliss-reactive ketones (excluding diaryl/α,β-unsaturated/α-hetero) is 2. The van der Waals surface area contributed by atoms with E-state index in [0.29, 0.717) is 49.9 Å². The third-order valence-corrected chi connectivity index (χ3v) is 6.30. The monoisotopic (exact) mass is 474 g/mol. The van der Waals surface area contributed by atoms with E-state index in [-0.39, 0.29) is 58.0 Å². The fourth-order valence-electron chi connectivity index (χ4n) is 4.71. The fraction of sp³-hybridized carbons (Fsp3) is 0.654. The van der Waals surface area contributed by atoms with Gasteiger partial charge in [0.1, 0.15) is 17.6 Å². The quantitative estimate of drug-likeness (QED) is 0.320. The Hall–Kier alpha value is -2.77. The van der Waals surface area contributed by atoms with Gasteiger partial charge in [-0.2, -0.15) is 0 Å². The third kappa shape index (κ3) is 7.11. The zero-order chi connectivity index (χ0) is 25.8. The molecule has 2 rings (SSSR count). The predicted octanol–water partition coefficient (Wildman–Crippen LogP) is 4.93. The van der Waals surface area contributed by atoms with Crippen LogP contribution in [0.5, 0.6) is 0 Å². The van der Waals surface area contributed by atoms with Gasteiger partial charge in [-0.15, -0.1) is 0 Å². The van der Waals surface area contributed by atoms with Crippen molar-refractivity contribution in [1.29, 1.82) is 0 Å². The van der Waals surface area contributed by atoms with Gasteiger partial charge in [0.05, 0.1) is 11.1 Å². The van der Waals surface area contributed by atoms with Crippen molar-refractivity contribution >= 4 is 29.0 Å².